The SMILES string of the molecule is Cc1nn(CC(C)C)c2sc(C(=O)N[C@H](C)c3ccccc3)cc12. The molecule has 3 rings (SSSR count). The van der Waals surface area contributed by atoms with Crippen LogP contribution in [-0.2, 0) is 6.54 Å². The molecule has 126 valence electrons. The lowest BCUT2D eigenvalue weighted by Gasteiger charge is -2.13. The molecule has 0 saturated heterocycles. The maximum Gasteiger partial charge on any atom is 0.261 e. The highest BCUT2D eigenvalue weighted by Crippen LogP contribution is 2.29. The molecule has 1 atom stereocenters. The van der Waals surface area contributed by atoms with Crippen molar-refractivity contribution in [1.82, 2.24) is 15.1 Å². The lowest BCUT2D eigenvalue weighted by atomic mass is 10.1. The molecule has 1 aromatic carbocycles. The molecule has 4 nitrogen and oxygen atoms in total. The van der Waals surface area contributed by atoms with Gasteiger partial charge in [0.05, 0.1) is 16.6 Å². The zero-order valence-corrected chi connectivity index (χ0v) is 15.4. The minimum atomic E-state index is -0.0250. The molecule has 2 aromatic heterocycles. The van der Waals surface area contributed by atoms with Crippen LogP contribution in [0, 0.1) is 12.8 Å². The van der Waals surface area contributed by atoms with Gasteiger partial charge in [-0.15, -0.1) is 11.3 Å². The zero-order chi connectivity index (χ0) is 17.3. The molecule has 0 fully saturated rings. The first-order valence-electron chi connectivity index (χ1n) is 8.28. The molecule has 0 saturated carbocycles. The Kier molecular flexibility index (Phi) is 4.71. The Morgan fingerprint density at radius 1 is 1.25 bits per heavy atom. The van der Waals surface area contributed by atoms with E-state index in [1.165, 1.54) is 11.3 Å². The predicted octanol–water partition coefficient (Wildman–Crippen LogP) is 4.55. The number of carbonyl (C=O) groups is 1. The first kappa shape index (κ1) is 16.7. The van der Waals surface area contributed by atoms with Gasteiger partial charge in [0.25, 0.3) is 5.91 Å². The Bertz CT molecular complexity index is 848. The smallest absolute Gasteiger partial charge is 0.261 e. The van der Waals surface area contributed by atoms with Crippen LogP contribution in [0.2, 0.25) is 0 Å². The van der Waals surface area contributed by atoms with E-state index in [1.807, 2.05) is 54.9 Å². The lowest BCUT2D eigenvalue weighted by molar-refractivity contribution is 0.0944. The van der Waals surface area contributed by atoms with Gasteiger partial charge < -0.3 is 5.32 Å². The van der Waals surface area contributed by atoms with Crippen LogP contribution in [0.25, 0.3) is 10.2 Å². The van der Waals surface area contributed by atoms with Crippen LogP contribution in [0.3, 0.4) is 0 Å². The first-order valence-corrected chi connectivity index (χ1v) is 9.10. The van der Waals surface area contributed by atoms with Crippen molar-refractivity contribution in [2.45, 2.75) is 40.3 Å². The van der Waals surface area contributed by atoms with Gasteiger partial charge in [-0.3, -0.25) is 9.48 Å². The summed E-state index contributed by atoms with van der Waals surface area (Å²) in [7, 11) is 0. The van der Waals surface area contributed by atoms with Crippen LogP contribution in [0.5, 0.6) is 0 Å². The molecule has 0 unspecified atom stereocenters. The third kappa shape index (κ3) is 3.36. The highest BCUT2D eigenvalue weighted by molar-refractivity contribution is 7.20. The number of carbonyl (C=O) groups excluding carboxylic acids is 1. The Hall–Kier alpha value is -2.14. The summed E-state index contributed by atoms with van der Waals surface area (Å²) in [5, 5.41) is 8.76. The Morgan fingerprint density at radius 3 is 2.62 bits per heavy atom. The molecule has 0 aliphatic heterocycles. The average Bonchev–Trinajstić information content (AvgIpc) is 3.10. The van der Waals surface area contributed by atoms with E-state index in [4.69, 9.17) is 0 Å². The summed E-state index contributed by atoms with van der Waals surface area (Å²) >= 11 is 1.52. The molecule has 0 aliphatic rings. The van der Waals surface area contributed by atoms with Crippen molar-refractivity contribution in [2.75, 3.05) is 0 Å². The number of nitrogens with one attached hydrogen (secondary N) is 1. The number of hydrogen-bond acceptors (Lipinski definition) is 3. The highest BCUT2D eigenvalue weighted by atomic mass is 32.1. The fourth-order valence-corrected chi connectivity index (χ4v) is 3.86. The van der Waals surface area contributed by atoms with E-state index in [0.29, 0.717) is 5.92 Å². The van der Waals surface area contributed by atoms with Gasteiger partial charge in [-0.1, -0.05) is 44.2 Å². The number of aryl methyl sites for hydroxylation is 1. The zero-order valence-electron chi connectivity index (χ0n) is 14.5. The van der Waals surface area contributed by atoms with Crippen LogP contribution in [0.4, 0.5) is 0 Å². The number of amides is 1. The number of thiophene rings is 1. The van der Waals surface area contributed by atoms with Gasteiger partial charge >= 0.3 is 0 Å². The van der Waals surface area contributed by atoms with E-state index in [2.05, 4.69) is 24.3 Å². The van der Waals surface area contributed by atoms with E-state index in [0.717, 1.165) is 32.9 Å². The fourth-order valence-electron chi connectivity index (χ4n) is 2.79. The first-order chi connectivity index (χ1) is 11.5. The lowest BCUT2D eigenvalue weighted by Crippen LogP contribution is -2.25. The number of benzene rings is 1. The van der Waals surface area contributed by atoms with Crippen molar-refractivity contribution in [3.8, 4) is 0 Å². The summed E-state index contributed by atoms with van der Waals surface area (Å²) in [5.74, 6) is 0.494. The van der Waals surface area contributed by atoms with Gasteiger partial charge in [0.2, 0.25) is 0 Å². The monoisotopic (exact) mass is 341 g/mol. The molecule has 24 heavy (non-hydrogen) atoms. The van der Waals surface area contributed by atoms with E-state index in [1.54, 1.807) is 0 Å². The minimum Gasteiger partial charge on any atom is -0.345 e. The van der Waals surface area contributed by atoms with Gasteiger partial charge in [0.1, 0.15) is 4.83 Å². The van der Waals surface area contributed by atoms with E-state index in [-0.39, 0.29) is 11.9 Å². The van der Waals surface area contributed by atoms with Gasteiger partial charge in [-0.2, -0.15) is 5.10 Å². The van der Waals surface area contributed by atoms with Crippen LogP contribution < -0.4 is 5.32 Å². The highest BCUT2D eigenvalue weighted by Gasteiger charge is 2.18. The fraction of sp³-hybridized carbons (Fsp3) is 0.368. The topological polar surface area (TPSA) is 46.9 Å². The van der Waals surface area contributed by atoms with E-state index in [9.17, 15) is 4.79 Å². The molecule has 0 bridgehead atoms. The van der Waals surface area contributed by atoms with E-state index < -0.39 is 0 Å². The minimum absolute atomic E-state index is 0.0165. The van der Waals surface area contributed by atoms with Gasteiger partial charge in [0.15, 0.2) is 0 Å². The number of nitrogens with zero attached hydrogens (tertiary/aromatic N) is 2. The molecule has 1 amide bonds. The third-order valence-electron chi connectivity index (χ3n) is 4.02. The molecular weight excluding hydrogens is 318 g/mol. The molecule has 1 N–H and O–H groups in total. The average molecular weight is 341 g/mol. The Labute approximate surface area is 146 Å². The molecular formula is C19H23N3OS. The summed E-state index contributed by atoms with van der Waals surface area (Å²) < 4.78 is 2.03. The van der Waals surface area contributed by atoms with Crippen molar-refractivity contribution in [3.63, 3.8) is 0 Å². The van der Waals surface area contributed by atoms with Crippen molar-refractivity contribution in [1.29, 1.82) is 0 Å². The molecule has 0 aliphatic carbocycles. The quantitative estimate of drug-likeness (QED) is 0.740. The van der Waals surface area contributed by atoms with E-state index >= 15 is 0 Å². The number of aromatic nitrogens is 2. The summed E-state index contributed by atoms with van der Waals surface area (Å²) in [5.41, 5.74) is 2.09. The second kappa shape index (κ2) is 6.77. The van der Waals surface area contributed by atoms with Crippen molar-refractivity contribution >= 4 is 27.5 Å². The van der Waals surface area contributed by atoms with Crippen LogP contribution in [-0.4, -0.2) is 15.7 Å². The van der Waals surface area contributed by atoms with Crippen LogP contribution in [0.1, 0.15) is 47.7 Å². The summed E-state index contributed by atoms with van der Waals surface area (Å²) in [6.45, 7) is 9.22. The maximum atomic E-state index is 12.6. The van der Waals surface area contributed by atoms with Crippen molar-refractivity contribution < 1.29 is 4.79 Å². The molecule has 0 spiro atoms. The van der Waals surface area contributed by atoms with Crippen molar-refractivity contribution in [2.24, 2.45) is 5.92 Å². The molecule has 2 heterocycles. The summed E-state index contributed by atoms with van der Waals surface area (Å²) in [4.78, 5) is 14.4. The number of fused-ring (bicyclic) bond motifs is 1. The van der Waals surface area contributed by atoms with Crippen LogP contribution >= 0.6 is 11.3 Å². The third-order valence-corrected chi connectivity index (χ3v) is 5.16. The van der Waals surface area contributed by atoms with Gasteiger partial charge in [0, 0.05) is 11.9 Å². The molecule has 0 radical (unpaired) electrons. The normalized spacial score (nSPS) is 12.7. The van der Waals surface area contributed by atoms with Gasteiger partial charge in [-0.25, -0.2) is 0 Å². The Balaban J connectivity index is 1.83. The predicted molar refractivity (Wildman–Crippen MR) is 99.5 cm³/mol. The van der Waals surface area contributed by atoms with Gasteiger partial charge in [-0.05, 0) is 31.4 Å². The number of rotatable bonds is 5. The Morgan fingerprint density at radius 2 is 1.96 bits per heavy atom. The second-order valence-corrected chi connectivity index (χ2v) is 7.63. The number of hydrogen-bond donors (Lipinski definition) is 1. The second-order valence-electron chi connectivity index (χ2n) is 6.60. The van der Waals surface area contributed by atoms with Crippen LogP contribution in [0.15, 0.2) is 36.4 Å². The summed E-state index contributed by atoms with van der Waals surface area (Å²) in [6, 6.07) is 12.0. The standard InChI is InChI=1S/C19H23N3OS/c1-12(2)11-22-19-16(14(4)21-22)10-17(24-19)18(23)20-13(3)15-8-6-5-7-9-15/h5-10,12-13H,11H2,1-4H3,(H,20,23)/t13-/m1/s1. The molecule has 5 heteroatoms. The maximum absolute atomic E-state index is 12.6. The van der Waals surface area contributed by atoms with Crippen molar-refractivity contribution in [3.05, 3.63) is 52.5 Å². The molecule has 3 aromatic rings. The summed E-state index contributed by atoms with van der Waals surface area (Å²) in [6.07, 6.45) is 0. The largest absolute Gasteiger partial charge is 0.345 e.